The SMILES string of the molecule is O=CC[C@H](Cc1ccccc1C(=O)c1ccccc1)c1ccccc1. The van der Waals surface area contributed by atoms with Gasteiger partial charge in [0.25, 0.3) is 0 Å². The number of ketones is 1. The van der Waals surface area contributed by atoms with E-state index in [9.17, 15) is 9.59 Å². The Kier molecular flexibility index (Phi) is 5.53. The standard InChI is InChI=1S/C23H20O2/c24-16-15-20(18-9-3-1-4-10-18)17-21-13-7-8-14-22(21)23(25)19-11-5-2-6-12-19/h1-14,16,20H,15,17H2/t20-/m1/s1. The molecule has 1 atom stereocenters. The van der Waals surface area contributed by atoms with Crippen molar-refractivity contribution in [2.75, 3.05) is 0 Å². The number of carbonyl (C=O) groups excluding carboxylic acids is 2. The van der Waals surface area contributed by atoms with Gasteiger partial charge in [-0.2, -0.15) is 0 Å². The predicted molar refractivity (Wildman–Crippen MR) is 99.9 cm³/mol. The summed E-state index contributed by atoms with van der Waals surface area (Å²) in [5.74, 6) is 0.0949. The molecule has 2 nitrogen and oxygen atoms in total. The Morgan fingerprint density at radius 3 is 2.08 bits per heavy atom. The molecular weight excluding hydrogens is 308 g/mol. The summed E-state index contributed by atoms with van der Waals surface area (Å²) < 4.78 is 0. The van der Waals surface area contributed by atoms with E-state index in [0.29, 0.717) is 24.0 Å². The van der Waals surface area contributed by atoms with Crippen molar-refractivity contribution < 1.29 is 9.59 Å². The first-order valence-electron chi connectivity index (χ1n) is 8.46. The van der Waals surface area contributed by atoms with Gasteiger partial charge in [-0.25, -0.2) is 0 Å². The molecule has 0 aliphatic rings. The van der Waals surface area contributed by atoms with Gasteiger partial charge in [-0.1, -0.05) is 84.9 Å². The van der Waals surface area contributed by atoms with Crippen LogP contribution in [-0.2, 0) is 11.2 Å². The van der Waals surface area contributed by atoms with E-state index in [4.69, 9.17) is 0 Å². The molecule has 0 radical (unpaired) electrons. The molecule has 3 aromatic rings. The molecule has 0 heterocycles. The molecule has 0 aliphatic heterocycles. The quantitative estimate of drug-likeness (QED) is 0.460. The predicted octanol–water partition coefficient (Wildman–Crippen LogP) is 4.83. The van der Waals surface area contributed by atoms with Crippen molar-refractivity contribution in [2.24, 2.45) is 0 Å². The number of rotatable bonds is 7. The second-order valence-electron chi connectivity index (χ2n) is 6.07. The van der Waals surface area contributed by atoms with E-state index >= 15 is 0 Å². The molecule has 0 bridgehead atoms. The lowest BCUT2D eigenvalue weighted by Crippen LogP contribution is -2.10. The highest BCUT2D eigenvalue weighted by Crippen LogP contribution is 2.26. The molecule has 0 saturated heterocycles. The monoisotopic (exact) mass is 328 g/mol. The molecule has 0 spiro atoms. The van der Waals surface area contributed by atoms with E-state index in [1.807, 2.05) is 84.9 Å². The maximum Gasteiger partial charge on any atom is 0.193 e. The van der Waals surface area contributed by atoms with Crippen molar-refractivity contribution >= 4 is 12.1 Å². The van der Waals surface area contributed by atoms with Gasteiger partial charge in [0.2, 0.25) is 0 Å². The molecule has 25 heavy (non-hydrogen) atoms. The van der Waals surface area contributed by atoms with Crippen LogP contribution in [0.1, 0.15) is 39.4 Å². The smallest absolute Gasteiger partial charge is 0.193 e. The summed E-state index contributed by atoms with van der Waals surface area (Å²) in [5, 5.41) is 0. The minimum atomic E-state index is 0.0223. The lowest BCUT2D eigenvalue weighted by Gasteiger charge is -2.17. The van der Waals surface area contributed by atoms with E-state index in [1.54, 1.807) is 0 Å². The van der Waals surface area contributed by atoms with Crippen LogP contribution in [-0.4, -0.2) is 12.1 Å². The molecule has 0 saturated carbocycles. The molecule has 3 rings (SSSR count). The van der Waals surface area contributed by atoms with Crippen LogP contribution < -0.4 is 0 Å². The summed E-state index contributed by atoms with van der Waals surface area (Å²) in [6, 6.07) is 27.0. The fourth-order valence-corrected chi connectivity index (χ4v) is 3.11. The first kappa shape index (κ1) is 16.8. The van der Waals surface area contributed by atoms with Gasteiger partial charge >= 0.3 is 0 Å². The first-order valence-corrected chi connectivity index (χ1v) is 8.46. The first-order chi connectivity index (χ1) is 12.3. The van der Waals surface area contributed by atoms with Crippen LogP contribution in [0.2, 0.25) is 0 Å². The number of aldehydes is 1. The van der Waals surface area contributed by atoms with Crippen molar-refractivity contribution in [3.63, 3.8) is 0 Å². The molecule has 0 N–H and O–H groups in total. The number of hydrogen-bond donors (Lipinski definition) is 0. The fraction of sp³-hybridized carbons (Fsp3) is 0.130. The van der Waals surface area contributed by atoms with Crippen molar-refractivity contribution in [2.45, 2.75) is 18.8 Å². The summed E-state index contributed by atoms with van der Waals surface area (Å²) >= 11 is 0. The number of hydrogen-bond acceptors (Lipinski definition) is 2. The number of carbonyl (C=O) groups is 2. The molecule has 0 unspecified atom stereocenters. The summed E-state index contributed by atoms with van der Waals surface area (Å²) in [6.07, 6.45) is 2.06. The Balaban J connectivity index is 1.92. The van der Waals surface area contributed by atoms with Crippen molar-refractivity contribution in [3.8, 4) is 0 Å². The zero-order chi connectivity index (χ0) is 17.5. The molecule has 124 valence electrons. The fourth-order valence-electron chi connectivity index (χ4n) is 3.11. The van der Waals surface area contributed by atoms with E-state index in [1.165, 1.54) is 0 Å². The van der Waals surface area contributed by atoms with Gasteiger partial charge in [-0.3, -0.25) is 4.79 Å². The lowest BCUT2D eigenvalue weighted by atomic mass is 9.86. The van der Waals surface area contributed by atoms with Crippen LogP contribution in [0.4, 0.5) is 0 Å². The molecule has 3 aromatic carbocycles. The molecular formula is C23H20O2. The third-order valence-corrected chi connectivity index (χ3v) is 4.42. The second kappa shape index (κ2) is 8.20. The van der Waals surface area contributed by atoms with Gasteiger partial charge in [-0.05, 0) is 23.5 Å². The van der Waals surface area contributed by atoms with Gasteiger partial charge in [-0.15, -0.1) is 0 Å². The van der Waals surface area contributed by atoms with E-state index in [-0.39, 0.29) is 11.7 Å². The van der Waals surface area contributed by atoms with Gasteiger partial charge in [0.15, 0.2) is 5.78 Å². The Bertz CT molecular complexity index is 838. The molecule has 2 heteroatoms. The highest BCUT2D eigenvalue weighted by Gasteiger charge is 2.17. The van der Waals surface area contributed by atoms with Gasteiger partial charge < -0.3 is 4.79 Å². The van der Waals surface area contributed by atoms with Crippen molar-refractivity contribution in [3.05, 3.63) is 107 Å². The van der Waals surface area contributed by atoms with E-state index < -0.39 is 0 Å². The normalized spacial score (nSPS) is 11.7. The maximum absolute atomic E-state index is 12.9. The Morgan fingerprint density at radius 1 is 0.800 bits per heavy atom. The maximum atomic E-state index is 12.9. The summed E-state index contributed by atoms with van der Waals surface area (Å²) in [4.78, 5) is 24.0. The number of benzene rings is 3. The summed E-state index contributed by atoms with van der Waals surface area (Å²) in [6.45, 7) is 0. The Morgan fingerprint density at radius 2 is 1.40 bits per heavy atom. The van der Waals surface area contributed by atoms with Gasteiger partial charge in [0, 0.05) is 17.5 Å². The molecule has 0 aliphatic carbocycles. The molecule has 0 amide bonds. The van der Waals surface area contributed by atoms with Crippen LogP contribution in [0.5, 0.6) is 0 Å². The zero-order valence-corrected chi connectivity index (χ0v) is 14.0. The average Bonchev–Trinajstić information content (AvgIpc) is 2.69. The molecule has 0 aromatic heterocycles. The van der Waals surface area contributed by atoms with Crippen molar-refractivity contribution in [1.82, 2.24) is 0 Å². The minimum absolute atomic E-state index is 0.0223. The molecule has 0 fully saturated rings. The zero-order valence-electron chi connectivity index (χ0n) is 14.0. The minimum Gasteiger partial charge on any atom is -0.303 e. The van der Waals surface area contributed by atoms with Crippen LogP contribution in [0.15, 0.2) is 84.9 Å². The summed E-state index contributed by atoms with van der Waals surface area (Å²) in [7, 11) is 0. The Labute approximate surface area is 148 Å². The third-order valence-electron chi connectivity index (χ3n) is 4.42. The van der Waals surface area contributed by atoms with Crippen LogP contribution in [0.3, 0.4) is 0 Å². The van der Waals surface area contributed by atoms with Crippen molar-refractivity contribution in [1.29, 1.82) is 0 Å². The highest BCUT2D eigenvalue weighted by atomic mass is 16.1. The summed E-state index contributed by atoms with van der Waals surface area (Å²) in [5.41, 5.74) is 3.49. The lowest BCUT2D eigenvalue weighted by molar-refractivity contribution is -0.108. The topological polar surface area (TPSA) is 34.1 Å². The Hall–Kier alpha value is -3.00. The van der Waals surface area contributed by atoms with Crippen LogP contribution in [0.25, 0.3) is 0 Å². The van der Waals surface area contributed by atoms with E-state index in [2.05, 4.69) is 0 Å². The van der Waals surface area contributed by atoms with Crippen LogP contribution in [0, 0.1) is 0 Å². The van der Waals surface area contributed by atoms with Crippen LogP contribution >= 0.6 is 0 Å². The average molecular weight is 328 g/mol. The van der Waals surface area contributed by atoms with Gasteiger partial charge in [0.05, 0.1) is 0 Å². The third kappa shape index (κ3) is 4.10. The van der Waals surface area contributed by atoms with E-state index in [0.717, 1.165) is 17.4 Å². The van der Waals surface area contributed by atoms with Gasteiger partial charge in [0.1, 0.15) is 6.29 Å². The second-order valence-corrected chi connectivity index (χ2v) is 6.07. The largest absolute Gasteiger partial charge is 0.303 e. The highest BCUT2D eigenvalue weighted by molar-refractivity contribution is 6.09.